The molecule has 0 radical (unpaired) electrons. The molecule has 1 N–H and O–H groups in total. The number of rotatable bonds is 6. The van der Waals surface area contributed by atoms with Gasteiger partial charge in [-0.25, -0.2) is 4.79 Å². The summed E-state index contributed by atoms with van der Waals surface area (Å²) < 4.78 is 5.71. The normalized spacial score (nSPS) is 17.0. The first kappa shape index (κ1) is 16.7. The molecular formula is C18H28N2O2. The van der Waals surface area contributed by atoms with Crippen LogP contribution in [0.2, 0.25) is 0 Å². The standard InChI is InChI=1S/C18H28N2O2/c1-12(2)22-17-8-6-7-16(11-17)13(3)19-18(21)20(5)14(4)15-9-10-15/h6-8,11-15H,9-10H2,1-5H3,(H,19,21). The van der Waals surface area contributed by atoms with Crippen LogP contribution in [0.1, 0.15) is 52.1 Å². The fourth-order valence-corrected chi connectivity index (χ4v) is 2.58. The molecule has 1 saturated carbocycles. The van der Waals surface area contributed by atoms with E-state index in [0.717, 1.165) is 11.3 Å². The van der Waals surface area contributed by atoms with E-state index in [2.05, 4.69) is 12.2 Å². The topological polar surface area (TPSA) is 41.6 Å². The van der Waals surface area contributed by atoms with E-state index < -0.39 is 0 Å². The van der Waals surface area contributed by atoms with Crippen molar-refractivity contribution in [3.63, 3.8) is 0 Å². The highest BCUT2D eigenvalue weighted by Gasteiger charge is 2.32. The Morgan fingerprint density at radius 3 is 2.55 bits per heavy atom. The highest BCUT2D eigenvalue weighted by Crippen LogP contribution is 2.34. The molecule has 1 aliphatic rings. The molecule has 0 aliphatic heterocycles. The van der Waals surface area contributed by atoms with E-state index in [1.54, 1.807) is 0 Å². The minimum atomic E-state index is -0.0444. The molecular weight excluding hydrogens is 276 g/mol. The number of carbonyl (C=O) groups is 1. The highest BCUT2D eigenvalue weighted by molar-refractivity contribution is 5.74. The number of carbonyl (C=O) groups excluding carboxylic acids is 1. The third kappa shape index (κ3) is 4.39. The van der Waals surface area contributed by atoms with Crippen molar-refractivity contribution >= 4 is 6.03 Å². The van der Waals surface area contributed by atoms with Gasteiger partial charge in [0.2, 0.25) is 0 Å². The highest BCUT2D eigenvalue weighted by atomic mass is 16.5. The van der Waals surface area contributed by atoms with Crippen LogP contribution < -0.4 is 10.1 Å². The van der Waals surface area contributed by atoms with E-state index >= 15 is 0 Å². The van der Waals surface area contributed by atoms with Crippen molar-refractivity contribution in [2.75, 3.05) is 7.05 Å². The van der Waals surface area contributed by atoms with E-state index in [-0.39, 0.29) is 18.2 Å². The fourth-order valence-electron chi connectivity index (χ4n) is 2.58. The van der Waals surface area contributed by atoms with Gasteiger partial charge in [0.15, 0.2) is 0 Å². The molecule has 0 heterocycles. The summed E-state index contributed by atoms with van der Waals surface area (Å²) in [5.74, 6) is 1.52. The molecule has 1 aromatic rings. The second kappa shape index (κ2) is 7.03. The molecule has 122 valence electrons. The zero-order valence-electron chi connectivity index (χ0n) is 14.3. The van der Waals surface area contributed by atoms with E-state index in [9.17, 15) is 4.79 Å². The Morgan fingerprint density at radius 2 is 1.95 bits per heavy atom. The Morgan fingerprint density at radius 1 is 1.27 bits per heavy atom. The van der Waals surface area contributed by atoms with Gasteiger partial charge in [0.1, 0.15) is 5.75 Å². The van der Waals surface area contributed by atoms with Crippen LogP contribution in [0, 0.1) is 5.92 Å². The average molecular weight is 304 g/mol. The van der Waals surface area contributed by atoms with Crippen LogP contribution in [-0.4, -0.2) is 30.1 Å². The van der Waals surface area contributed by atoms with E-state index in [0.29, 0.717) is 12.0 Å². The van der Waals surface area contributed by atoms with Gasteiger partial charge in [-0.1, -0.05) is 12.1 Å². The Hall–Kier alpha value is -1.71. The van der Waals surface area contributed by atoms with Gasteiger partial charge in [0.25, 0.3) is 0 Å². The van der Waals surface area contributed by atoms with Crippen molar-refractivity contribution < 1.29 is 9.53 Å². The first-order valence-corrected chi connectivity index (χ1v) is 8.18. The lowest BCUT2D eigenvalue weighted by Crippen LogP contribution is -2.44. The SMILES string of the molecule is CC(C)Oc1cccc(C(C)NC(=O)N(C)C(C)C2CC2)c1. The predicted octanol–water partition coefficient (Wildman–Crippen LogP) is 3.97. The molecule has 1 aromatic carbocycles. The second-order valence-corrected chi connectivity index (χ2v) is 6.60. The number of ether oxygens (including phenoxy) is 1. The quantitative estimate of drug-likeness (QED) is 0.864. The van der Waals surface area contributed by atoms with Gasteiger partial charge in [-0.2, -0.15) is 0 Å². The van der Waals surface area contributed by atoms with Crippen molar-refractivity contribution in [3.8, 4) is 5.75 Å². The molecule has 4 nitrogen and oxygen atoms in total. The summed E-state index contributed by atoms with van der Waals surface area (Å²) >= 11 is 0. The summed E-state index contributed by atoms with van der Waals surface area (Å²) in [6.45, 7) is 8.14. The van der Waals surface area contributed by atoms with Gasteiger partial charge in [0, 0.05) is 13.1 Å². The second-order valence-electron chi connectivity index (χ2n) is 6.60. The van der Waals surface area contributed by atoms with E-state index in [1.807, 2.05) is 57.0 Å². The molecule has 0 aromatic heterocycles. The summed E-state index contributed by atoms with van der Waals surface area (Å²) in [6, 6.07) is 8.17. The Labute approximate surface area is 133 Å². The molecule has 2 atom stereocenters. The van der Waals surface area contributed by atoms with Crippen LogP contribution >= 0.6 is 0 Å². The lowest BCUT2D eigenvalue weighted by atomic mass is 10.1. The minimum absolute atomic E-state index is 0.0120. The number of hydrogen-bond donors (Lipinski definition) is 1. The zero-order chi connectivity index (χ0) is 16.3. The number of amides is 2. The lowest BCUT2D eigenvalue weighted by Gasteiger charge is -2.27. The van der Waals surface area contributed by atoms with E-state index in [1.165, 1.54) is 12.8 Å². The van der Waals surface area contributed by atoms with Crippen LogP contribution in [0.5, 0.6) is 5.75 Å². The monoisotopic (exact) mass is 304 g/mol. The first-order chi connectivity index (χ1) is 10.4. The maximum Gasteiger partial charge on any atom is 0.317 e. The lowest BCUT2D eigenvalue weighted by molar-refractivity contribution is 0.185. The van der Waals surface area contributed by atoms with Crippen molar-refractivity contribution in [3.05, 3.63) is 29.8 Å². The third-order valence-electron chi connectivity index (χ3n) is 4.31. The maximum atomic E-state index is 12.3. The van der Waals surface area contributed by atoms with Crippen molar-refractivity contribution in [1.82, 2.24) is 10.2 Å². The van der Waals surface area contributed by atoms with Gasteiger partial charge in [-0.3, -0.25) is 0 Å². The van der Waals surface area contributed by atoms with Gasteiger partial charge in [-0.15, -0.1) is 0 Å². The number of benzene rings is 1. The fraction of sp³-hybridized carbons (Fsp3) is 0.611. The Kier molecular flexibility index (Phi) is 5.33. The number of hydrogen-bond acceptors (Lipinski definition) is 2. The molecule has 2 amide bonds. The van der Waals surface area contributed by atoms with Gasteiger partial charge < -0.3 is 15.0 Å². The first-order valence-electron chi connectivity index (χ1n) is 8.18. The molecule has 1 aliphatic carbocycles. The third-order valence-corrected chi connectivity index (χ3v) is 4.31. The molecule has 1 fully saturated rings. The summed E-state index contributed by atoms with van der Waals surface area (Å²) in [7, 11) is 1.88. The maximum absolute atomic E-state index is 12.3. The van der Waals surface area contributed by atoms with Crippen LogP contribution in [0.4, 0.5) is 4.79 Å². The molecule has 0 bridgehead atoms. The number of nitrogens with one attached hydrogen (secondary N) is 1. The summed E-state index contributed by atoms with van der Waals surface area (Å²) in [6.07, 6.45) is 2.62. The van der Waals surface area contributed by atoms with Crippen LogP contribution in [0.3, 0.4) is 0 Å². The van der Waals surface area contributed by atoms with Gasteiger partial charge >= 0.3 is 6.03 Å². The molecule has 2 rings (SSSR count). The Bertz CT molecular complexity index is 512. The van der Waals surface area contributed by atoms with Crippen molar-refractivity contribution in [2.24, 2.45) is 5.92 Å². The molecule has 4 heteroatoms. The summed E-state index contributed by atoms with van der Waals surface area (Å²) in [5.41, 5.74) is 1.05. The largest absolute Gasteiger partial charge is 0.491 e. The minimum Gasteiger partial charge on any atom is -0.491 e. The van der Waals surface area contributed by atoms with E-state index in [4.69, 9.17) is 4.74 Å². The van der Waals surface area contributed by atoms with Crippen molar-refractivity contribution in [1.29, 1.82) is 0 Å². The predicted molar refractivity (Wildman–Crippen MR) is 89.1 cm³/mol. The number of urea groups is 1. The summed E-state index contributed by atoms with van der Waals surface area (Å²) in [5, 5.41) is 3.07. The molecule has 0 spiro atoms. The smallest absolute Gasteiger partial charge is 0.317 e. The molecule has 22 heavy (non-hydrogen) atoms. The van der Waals surface area contributed by atoms with Gasteiger partial charge in [-0.05, 0) is 64.2 Å². The number of nitrogens with zero attached hydrogens (tertiary/aromatic N) is 1. The van der Waals surface area contributed by atoms with Crippen LogP contribution in [0.15, 0.2) is 24.3 Å². The van der Waals surface area contributed by atoms with Crippen molar-refractivity contribution in [2.45, 2.75) is 58.7 Å². The summed E-state index contributed by atoms with van der Waals surface area (Å²) in [4.78, 5) is 14.2. The van der Waals surface area contributed by atoms with Crippen LogP contribution in [-0.2, 0) is 0 Å². The molecule has 0 saturated heterocycles. The zero-order valence-corrected chi connectivity index (χ0v) is 14.3. The Balaban J connectivity index is 1.95. The van der Waals surface area contributed by atoms with Gasteiger partial charge in [0.05, 0.1) is 12.1 Å². The molecule has 2 unspecified atom stereocenters. The average Bonchev–Trinajstić information content (AvgIpc) is 3.29. The van der Waals surface area contributed by atoms with Crippen LogP contribution in [0.25, 0.3) is 0 Å².